The highest BCUT2D eigenvalue weighted by molar-refractivity contribution is 7.89. The van der Waals surface area contributed by atoms with Crippen molar-refractivity contribution >= 4 is 10.0 Å². The Morgan fingerprint density at radius 3 is 2.47 bits per heavy atom. The van der Waals surface area contributed by atoms with E-state index in [1.807, 2.05) is 0 Å². The van der Waals surface area contributed by atoms with Crippen LogP contribution in [0.5, 0.6) is 0 Å². The lowest BCUT2D eigenvalue weighted by Gasteiger charge is -2.39. The molecule has 2 aliphatic rings. The molecule has 0 aromatic carbocycles. The van der Waals surface area contributed by atoms with Crippen molar-refractivity contribution < 1.29 is 8.42 Å². The Bertz CT molecular complexity index is 386. The molecule has 1 heterocycles. The highest BCUT2D eigenvalue weighted by Gasteiger charge is 2.35. The first kappa shape index (κ1) is 15.3. The van der Waals surface area contributed by atoms with Crippen LogP contribution in [0.2, 0.25) is 0 Å². The predicted octanol–water partition coefficient (Wildman–Crippen LogP) is 1.87. The molecule has 0 spiro atoms. The lowest BCUT2D eigenvalue weighted by atomic mass is 9.81. The van der Waals surface area contributed by atoms with Gasteiger partial charge in [0.15, 0.2) is 0 Å². The van der Waals surface area contributed by atoms with Gasteiger partial charge in [-0.25, -0.2) is 13.1 Å². The first-order chi connectivity index (χ1) is 8.89. The SMILES string of the molecule is CC1(C)CNCCC1NS(=O)(=O)CC1CCCCC1. The molecular weight excluding hydrogens is 260 g/mol. The van der Waals surface area contributed by atoms with Gasteiger partial charge < -0.3 is 5.32 Å². The van der Waals surface area contributed by atoms with E-state index in [1.54, 1.807) is 0 Å². The molecule has 1 unspecified atom stereocenters. The van der Waals surface area contributed by atoms with Gasteiger partial charge in [-0.2, -0.15) is 0 Å². The van der Waals surface area contributed by atoms with E-state index in [4.69, 9.17) is 0 Å². The standard InChI is InChI=1S/C14H28N2O2S/c1-14(2)11-15-9-8-13(14)16-19(17,18)10-12-6-4-3-5-7-12/h12-13,15-16H,3-11H2,1-2H3. The third-order valence-corrected chi connectivity index (χ3v) is 6.19. The van der Waals surface area contributed by atoms with Gasteiger partial charge in [0.1, 0.15) is 0 Å². The summed E-state index contributed by atoms with van der Waals surface area (Å²) in [5.74, 6) is 0.698. The molecule has 1 atom stereocenters. The Hall–Kier alpha value is -0.130. The molecule has 0 radical (unpaired) electrons. The smallest absolute Gasteiger partial charge is 0.212 e. The number of sulfonamides is 1. The summed E-state index contributed by atoms with van der Waals surface area (Å²) in [6.07, 6.45) is 6.70. The molecule has 0 aromatic heterocycles. The maximum atomic E-state index is 12.3. The number of piperidine rings is 1. The van der Waals surface area contributed by atoms with Crippen molar-refractivity contribution in [2.75, 3.05) is 18.8 Å². The highest BCUT2D eigenvalue weighted by Crippen LogP contribution is 2.28. The first-order valence-corrected chi connectivity index (χ1v) is 9.25. The maximum absolute atomic E-state index is 12.3. The number of rotatable bonds is 4. The van der Waals surface area contributed by atoms with Crippen molar-refractivity contribution in [3.8, 4) is 0 Å². The van der Waals surface area contributed by atoms with Crippen LogP contribution in [0.1, 0.15) is 52.4 Å². The van der Waals surface area contributed by atoms with Crippen LogP contribution in [0.25, 0.3) is 0 Å². The zero-order chi connectivity index (χ0) is 13.9. The maximum Gasteiger partial charge on any atom is 0.212 e. The summed E-state index contributed by atoms with van der Waals surface area (Å²) in [6, 6.07) is 0.0716. The molecule has 1 aliphatic carbocycles. The average molecular weight is 288 g/mol. The van der Waals surface area contributed by atoms with Crippen LogP contribution in [0, 0.1) is 11.3 Å². The molecule has 4 nitrogen and oxygen atoms in total. The van der Waals surface area contributed by atoms with Crippen LogP contribution in [-0.4, -0.2) is 33.3 Å². The van der Waals surface area contributed by atoms with Gasteiger partial charge in [0.05, 0.1) is 5.75 Å². The van der Waals surface area contributed by atoms with Crippen LogP contribution in [-0.2, 0) is 10.0 Å². The lowest BCUT2D eigenvalue weighted by molar-refractivity contribution is 0.206. The van der Waals surface area contributed by atoms with Crippen LogP contribution >= 0.6 is 0 Å². The van der Waals surface area contributed by atoms with Crippen molar-refractivity contribution in [2.45, 2.75) is 58.4 Å². The summed E-state index contributed by atoms with van der Waals surface area (Å²) in [5.41, 5.74) is -0.00210. The van der Waals surface area contributed by atoms with Crippen molar-refractivity contribution in [1.82, 2.24) is 10.0 Å². The third-order valence-electron chi connectivity index (χ3n) is 4.64. The van der Waals surface area contributed by atoms with Gasteiger partial charge >= 0.3 is 0 Å². The minimum Gasteiger partial charge on any atom is -0.316 e. The minimum absolute atomic E-state index is 0.00210. The van der Waals surface area contributed by atoms with Crippen molar-refractivity contribution in [2.24, 2.45) is 11.3 Å². The molecule has 2 fully saturated rings. The summed E-state index contributed by atoms with van der Waals surface area (Å²) in [4.78, 5) is 0. The molecule has 19 heavy (non-hydrogen) atoms. The van der Waals surface area contributed by atoms with E-state index in [2.05, 4.69) is 23.9 Å². The fourth-order valence-electron chi connectivity index (χ4n) is 3.32. The lowest BCUT2D eigenvalue weighted by Crippen LogP contribution is -2.55. The molecule has 2 N–H and O–H groups in total. The summed E-state index contributed by atoms with van der Waals surface area (Å²) in [5, 5.41) is 3.34. The largest absolute Gasteiger partial charge is 0.316 e. The molecular formula is C14H28N2O2S. The summed E-state index contributed by atoms with van der Waals surface area (Å²) >= 11 is 0. The van der Waals surface area contributed by atoms with Crippen molar-refractivity contribution in [1.29, 1.82) is 0 Å². The molecule has 1 saturated heterocycles. The van der Waals surface area contributed by atoms with Gasteiger partial charge in [-0.1, -0.05) is 33.1 Å². The third kappa shape index (κ3) is 4.43. The molecule has 1 aliphatic heterocycles. The van der Waals surface area contributed by atoms with E-state index in [0.29, 0.717) is 11.7 Å². The van der Waals surface area contributed by atoms with Crippen molar-refractivity contribution in [3.05, 3.63) is 0 Å². The second-order valence-electron chi connectivity index (χ2n) is 6.91. The van der Waals surface area contributed by atoms with Crippen LogP contribution in [0.4, 0.5) is 0 Å². The molecule has 2 rings (SSSR count). The molecule has 5 heteroatoms. The first-order valence-electron chi connectivity index (χ1n) is 7.60. The van der Waals surface area contributed by atoms with Gasteiger partial charge in [-0.3, -0.25) is 0 Å². The Labute approximate surface area is 117 Å². The Morgan fingerprint density at radius 2 is 1.84 bits per heavy atom. The van der Waals surface area contributed by atoms with Gasteiger partial charge in [0.2, 0.25) is 10.0 Å². The summed E-state index contributed by atoms with van der Waals surface area (Å²) < 4.78 is 27.6. The number of hydrogen-bond acceptors (Lipinski definition) is 3. The van der Waals surface area contributed by atoms with Crippen LogP contribution in [0.3, 0.4) is 0 Å². The fraction of sp³-hybridized carbons (Fsp3) is 1.00. The van der Waals surface area contributed by atoms with E-state index in [1.165, 1.54) is 19.3 Å². The van der Waals surface area contributed by atoms with Gasteiger partial charge in [-0.05, 0) is 37.1 Å². The molecule has 112 valence electrons. The number of hydrogen-bond donors (Lipinski definition) is 2. The van der Waals surface area contributed by atoms with Gasteiger partial charge in [0, 0.05) is 12.6 Å². The molecule has 0 bridgehead atoms. The van der Waals surface area contributed by atoms with Gasteiger partial charge in [-0.15, -0.1) is 0 Å². The van der Waals surface area contributed by atoms with Gasteiger partial charge in [0.25, 0.3) is 0 Å². The van der Waals surface area contributed by atoms with Crippen LogP contribution < -0.4 is 10.0 Å². The summed E-state index contributed by atoms with van der Waals surface area (Å²) in [6.45, 7) is 6.05. The monoisotopic (exact) mass is 288 g/mol. The second kappa shape index (κ2) is 6.10. The highest BCUT2D eigenvalue weighted by atomic mass is 32.2. The fourth-order valence-corrected chi connectivity index (χ4v) is 5.24. The molecule has 0 aromatic rings. The summed E-state index contributed by atoms with van der Waals surface area (Å²) in [7, 11) is -3.13. The quantitative estimate of drug-likeness (QED) is 0.830. The normalized spacial score (nSPS) is 29.3. The van der Waals surface area contributed by atoms with Crippen molar-refractivity contribution in [3.63, 3.8) is 0 Å². The van der Waals surface area contributed by atoms with E-state index >= 15 is 0 Å². The Morgan fingerprint density at radius 1 is 1.16 bits per heavy atom. The number of nitrogens with one attached hydrogen (secondary N) is 2. The van der Waals surface area contributed by atoms with E-state index in [0.717, 1.165) is 32.4 Å². The van der Waals surface area contributed by atoms with Crippen LogP contribution in [0.15, 0.2) is 0 Å². The topological polar surface area (TPSA) is 58.2 Å². The second-order valence-corrected chi connectivity index (χ2v) is 8.71. The Kier molecular flexibility index (Phi) is 4.90. The zero-order valence-corrected chi connectivity index (χ0v) is 13.1. The Balaban J connectivity index is 1.92. The van der Waals surface area contributed by atoms with E-state index < -0.39 is 10.0 Å². The van der Waals surface area contributed by atoms with E-state index in [9.17, 15) is 8.42 Å². The minimum atomic E-state index is -3.13. The van der Waals surface area contributed by atoms with E-state index in [-0.39, 0.29) is 11.5 Å². The molecule has 0 amide bonds. The average Bonchev–Trinajstić information content (AvgIpc) is 2.32. The zero-order valence-electron chi connectivity index (χ0n) is 12.2. The predicted molar refractivity (Wildman–Crippen MR) is 78.6 cm³/mol. The molecule has 1 saturated carbocycles.